The zero-order valence-corrected chi connectivity index (χ0v) is 13.8. The molecule has 21 heavy (non-hydrogen) atoms. The highest BCUT2D eigenvalue weighted by molar-refractivity contribution is 5.78. The molecule has 2 fully saturated rings. The number of nitrogens with one attached hydrogen (secondary N) is 1. The molecule has 0 aromatic heterocycles. The first-order valence-electron chi connectivity index (χ1n) is 8.94. The fourth-order valence-corrected chi connectivity index (χ4v) is 3.43. The minimum atomic E-state index is 0.309. The maximum absolute atomic E-state index is 12.0. The van der Waals surface area contributed by atoms with Gasteiger partial charge in [0.25, 0.3) is 0 Å². The molecule has 122 valence electrons. The Kier molecular flexibility index (Phi) is 7.51. The summed E-state index contributed by atoms with van der Waals surface area (Å²) in [6, 6.07) is 0. The molecule has 1 aliphatic carbocycles. The number of unbranched alkanes of at least 4 members (excludes halogenated alkanes) is 2. The van der Waals surface area contributed by atoms with Crippen molar-refractivity contribution in [1.29, 1.82) is 0 Å². The molecule has 1 saturated carbocycles. The van der Waals surface area contributed by atoms with Crippen LogP contribution < -0.4 is 5.32 Å². The van der Waals surface area contributed by atoms with Gasteiger partial charge in [-0.25, -0.2) is 0 Å². The van der Waals surface area contributed by atoms with E-state index in [-0.39, 0.29) is 0 Å². The maximum Gasteiger partial charge on any atom is 0.223 e. The highest BCUT2D eigenvalue weighted by Crippen LogP contribution is 2.23. The molecular formula is C17H33N3O. The van der Waals surface area contributed by atoms with Gasteiger partial charge in [0, 0.05) is 38.6 Å². The number of carbonyl (C=O) groups excluding carboxylic acids is 1. The van der Waals surface area contributed by atoms with Crippen LogP contribution in [0.2, 0.25) is 0 Å². The van der Waals surface area contributed by atoms with Crippen molar-refractivity contribution in [1.82, 2.24) is 15.1 Å². The van der Waals surface area contributed by atoms with Crippen LogP contribution in [0.3, 0.4) is 0 Å². The van der Waals surface area contributed by atoms with Crippen molar-refractivity contribution in [2.45, 2.75) is 51.4 Å². The van der Waals surface area contributed by atoms with E-state index in [2.05, 4.69) is 22.2 Å². The van der Waals surface area contributed by atoms with E-state index in [4.69, 9.17) is 0 Å². The summed E-state index contributed by atoms with van der Waals surface area (Å²) in [5.41, 5.74) is 0. The summed E-state index contributed by atoms with van der Waals surface area (Å²) in [5.74, 6) is 0.623. The number of rotatable bonds is 7. The maximum atomic E-state index is 12.0. The summed E-state index contributed by atoms with van der Waals surface area (Å²) >= 11 is 0. The Labute approximate surface area is 130 Å². The normalized spacial score (nSPS) is 22.3. The monoisotopic (exact) mass is 295 g/mol. The Morgan fingerprint density at radius 2 is 1.71 bits per heavy atom. The number of piperazine rings is 1. The zero-order chi connectivity index (χ0) is 14.9. The lowest BCUT2D eigenvalue weighted by atomic mass is 9.89. The lowest BCUT2D eigenvalue weighted by Crippen LogP contribution is -2.44. The van der Waals surface area contributed by atoms with Crippen LogP contribution in [-0.2, 0) is 4.79 Å². The van der Waals surface area contributed by atoms with Gasteiger partial charge < -0.3 is 15.1 Å². The second kappa shape index (κ2) is 9.42. The summed E-state index contributed by atoms with van der Waals surface area (Å²) in [7, 11) is 2.20. The smallest absolute Gasteiger partial charge is 0.223 e. The van der Waals surface area contributed by atoms with E-state index < -0.39 is 0 Å². The molecule has 1 aliphatic heterocycles. The van der Waals surface area contributed by atoms with Crippen LogP contribution in [0.5, 0.6) is 0 Å². The van der Waals surface area contributed by atoms with E-state index in [9.17, 15) is 4.79 Å². The number of nitrogens with zero attached hydrogens (tertiary/aromatic N) is 2. The van der Waals surface area contributed by atoms with E-state index in [1.165, 1.54) is 64.8 Å². The van der Waals surface area contributed by atoms with Crippen molar-refractivity contribution in [3.8, 4) is 0 Å². The fourth-order valence-electron chi connectivity index (χ4n) is 3.43. The van der Waals surface area contributed by atoms with Crippen LogP contribution in [-0.4, -0.2) is 62.0 Å². The first-order valence-corrected chi connectivity index (χ1v) is 8.94. The molecule has 0 aromatic rings. The third kappa shape index (κ3) is 6.35. The molecule has 0 atom stereocenters. The number of hydrogen-bond donors (Lipinski definition) is 1. The molecule has 0 unspecified atom stereocenters. The second-order valence-corrected chi connectivity index (χ2v) is 6.83. The van der Waals surface area contributed by atoms with Crippen molar-refractivity contribution in [2.75, 3.05) is 46.3 Å². The topological polar surface area (TPSA) is 35.6 Å². The minimum absolute atomic E-state index is 0.309. The number of hydrogen-bond acceptors (Lipinski definition) is 3. The van der Waals surface area contributed by atoms with Crippen LogP contribution in [0.25, 0.3) is 0 Å². The van der Waals surface area contributed by atoms with Gasteiger partial charge in [-0.05, 0) is 39.3 Å². The van der Waals surface area contributed by atoms with Gasteiger partial charge >= 0.3 is 0 Å². The van der Waals surface area contributed by atoms with Crippen molar-refractivity contribution in [3.05, 3.63) is 0 Å². The predicted octanol–water partition coefficient (Wildman–Crippen LogP) is 2.10. The van der Waals surface area contributed by atoms with Crippen LogP contribution in [0.1, 0.15) is 51.4 Å². The highest BCUT2D eigenvalue weighted by Gasteiger charge is 2.20. The Hall–Kier alpha value is -0.610. The molecule has 0 radical (unpaired) electrons. The Morgan fingerprint density at radius 3 is 2.43 bits per heavy atom. The van der Waals surface area contributed by atoms with Gasteiger partial charge in [-0.15, -0.1) is 0 Å². The van der Waals surface area contributed by atoms with Crippen molar-refractivity contribution >= 4 is 5.91 Å². The number of amides is 1. The van der Waals surface area contributed by atoms with Gasteiger partial charge in [-0.3, -0.25) is 4.79 Å². The molecule has 0 bridgehead atoms. The SMILES string of the molecule is CN1CCN(CCCCCNC(=O)C2CCCCC2)CC1. The number of carbonyl (C=O) groups is 1. The van der Waals surface area contributed by atoms with Gasteiger partial charge in [0.05, 0.1) is 0 Å². The van der Waals surface area contributed by atoms with Crippen molar-refractivity contribution < 1.29 is 4.79 Å². The molecule has 4 heteroatoms. The first-order chi connectivity index (χ1) is 10.3. The Bertz CT molecular complexity index is 294. The van der Waals surface area contributed by atoms with E-state index in [0.717, 1.165) is 25.8 Å². The summed E-state index contributed by atoms with van der Waals surface area (Å²) in [6.07, 6.45) is 9.64. The minimum Gasteiger partial charge on any atom is -0.356 e. The van der Waals surface area contributed by atoms with Crippen molar-refractivity contribution in [2.24, 2.45) is 5.92 Å². The Balaban J connectivity index is 1.43. The molecule has 1 N–H and O–H groups in total. The molecule has 0 aromatic carbocycles. The molecule has 2 rings (SSSR count). The summed E-state index contributed by atoms with van der Waals surface area (Å²) in [4.78, 5) is 17.0. The highest BCUT2D eigenvalue weighted by atomic mass is 16.1. The average molecular weight is 295 g/mol. The molecular weight excluding hydrogens is 262 g/mol. The van der Waals surface area contributed by atoms with Gasteiger partial charge in [-0.2, -0.15) is 0 Å². The van der Waals surface area contributed by atoms with Crippen LogP contribution >= 0.6 is 0 Å². The summed E-state index contributed by atoms with van der Waals surface area (Å²) in [6.45, 7) is 6.95. The fraction of sp³-hybridized carbons (Fsp3) is 0.941. The molecule has 1 saturated heterocycles. The third-order valence-corrected chi connectivity index (χ3v) is 5.02. The van der Waals surface area contributed by atoms with Gasteiger partial charge in [-0.1, -0.05) is 25.7 Å². The quantitative estimate of drug-likeness (QED) is 0.731. The molecule has 2 aliphatic rings. The van der Waals surface area contributed by atoms with Crippen molar-refractivity contribution in [3.63, 3.8) is 0 Å². The van der Waals surface area contributed by atoms with E-state index in [1.54, 1.807) is 0 Å². The summed E-state index contributed by atoms with van der Waals surface area (Å²) < 4.78 is 0. The summed E-state index contributed by atoms with van der Waals surface area (Å²) in [5, 5.41) is 3.14. The van der Waals surface area contributed by atoms with Crippen LogP contribution in [0, 0.1) is 5.92 Å². The average Bonchev–Trinajstić information content (AvgIpc) is 2.53. The van der Waals surface area contributed by atoms with E-state index >= 15 is 0 Å². The second-order valence-electron chi connectivity index (χ2n) is 6.83. The predicted molar refractivity (Wildman–Crippen MR) is 87.4 cm³/mol. The Morgan fingerprint density at radius 1 is 1.00 bits per heavy atom. The van der Waals surface area contributed by atoms with E-state index in [0.29, 0.717) is 11.8 Å². The van der Waals surface area contributed by atoms with Gasteiger partial charge in [0.15, 0.2) is 0 Å². The lowest BCUT2D eigenvalue weighted by molar-refractivity contribution is -0.125. The molecule has 4 nitrogen and oxygen atoms in total. The van der Waals surface area contributed by atoms with E-state index in [1.807, 2.05) is 0 Å². The third-order valence-electron chi connectivity index (χ3n) is 5.02. The first kappa shape index (κ1) is 16.8. The molecule has 0 spiro atoms. The molecule has 1 amide bonds. The van der Waals surface area contributed by atoms with Gasteiger partial charge in [0.1, 0.15) is 0 Å². The largest absolute Gasteiger partial charge is 0.356 e. The lowest BCUT2D eigenvalue weighted by Gasteiger charge is -2.32. The van der Waals surface area contributed by atoms with Gasteiger partial charge in [0.2, 0.25) is 5.91 Å². The zero-order valence-electron chi connectivity index (χ0n) is 13.8. The standard InChI is InChI=1S/C17H33N3O/c1-19-12-14-20(15-13-19)11-7-3-6-10-18-17(21)16-8-4-2-5-9-16/h16H,2-15H2,1H3,(H,18,21). The molecule has 1 heterocycles. The number of likely N-dealkylation sites (N-methyl/N-ethyl adjacent to an activating group) is 1. The van der Waals surface area contributed by atoms with Crippen LogP contribution in [0.15, 0.2) is 0 Å². The van der Waals surface area contributed by atoms with Crippen LogP contribution in [0.4, 0.5) is 0 Å².